The van der Waals surface area contributed by atoms with Crippen LogP contribution in [0, 0.1) is 6.92 Å². The number of aromatic nitrogens is 3. The number of alkyl halides is 3. The SMILES string of the molecule is Cc1cn(CCNS(=O)(=O)C2COC2)c2ccc(-c3noc(C(F)(F)F)n3)cc12. The van der Waals surface area contributed by atoms with E-state index in [0.717, 1.165) is 16.5 Å². The first kappa shape index (κ1) is 19.9. The average Bonchev–Trinajstić information content (AvgIpc) is 3.18. The zero-order valence-corrected chi connectivity index (χ0v) is 16.0. The highest BCUT2D eigenvalue weighted by Crippen LogP contribution is 2.31. The van der Waals surface area contributed by atoms with Crippen molar-refractivity contribution in [2.75, 3.05) is 19.8 Å². The Morgan fingerprint density at radius 3 is 2.69 bits per heavy atom. The van der Waals surface area contributed by atoms with Crippen LogP contribution in [0.5, 0.6) is 0 Å². The topological polar surface area (TPSA) is 99.2 Å². The van der Waals surface area contributed by atoms with E-state index < -0.39 is 27.3 Å². The maximum Gasteiger partial charge on any atom is 0.471 e. The number of hydrogen-bond acceptors (Lipinski definition) is 6. The van der Waals surface area contributed by atoms with Crippen molar-refractivity contribution in [2.45, 2.75) is 24.9 Å². The maximum atomic E-state index is 12.7. The molecule has 3 heterocycles. The summed E-state index contributed by atoms with van der Waals surface area (Å²) in [7, 11) is -3.40. The van der Waals surface area contributed by atoms with Crippen LogP contribution in [0.1, 0.15) is 11.5 Å². The van der Waals surface area contributed by atoms with Gasteiger partial charge in [0.05, 0.1) is 13.2 Å². The second kappa shape index (κ2) is 7.11. The van der Waals surface area contributed by atoms with Gasteiger partial charge in [-0.25, -0.2) is 13.1 Å². The molecule has 1 aromatic carbocycles. The van der Waals surface area contributed by atoms with Gasteiger partial charge in [-0.1, -0.05) is 5.16 Å². The highest BCUT2D eigenvalue weighted by molar-refractivity contribution is 7.90. The molecule has 156 valence electrons. The first-order valence-electron chi connectivity index (χ1n) is 8.72. The van der Waals surface area contributed by atoms with E-state index in [1.54, 1.807) is 18.2 Å². The van der Waals surface area contributed by atoms with Crippen LogP contribution in [0.25, 0.3) is 22.3 Å². The molecule has 29 heavy (non-hydrogen) atoms. The lowest BCUT2D eigenvalue weighted by Crippen LogP contribution is -2.47. The number of halogens is 3. The number of hydrogen-bond donors (Lipinski definition) is 1. The van der Waals surface area contributed by atoms with Crippen LogP contribution >= 0.6 is 0 Å². The van der Waals surface area contributed by atoms with Crippen molar-refractivity contribution in [1.82, 2.24) is 19.4 Å². The molecular weight excluding hydrogens is 413 g/mol. The second-order valence-corrected chi connectivity index (χ2v) is 8.80. The Morgan fingerprint density at radius 2 is 2.07 bits per heavy atom. The third-order valence-electron chi connectivity index (χ3n) is 4.71. The minimum Gasteiger partial charge on any atom is -0.378 e. The standard InChI is InChI=1S/C17H17F3N4O4S/c1-10-7-24(5-4-21-29(25,26)12-8-27-9-12)14-3-2-11(6-13(10)14)15-22-16(28-23-15)17(18,19)20/h2-3,6-7,12,21H,4-5,8-9H2,1H3. The molecular formula is C17H17F3N4O4S. The quantitative estimate of drug-likeness (QED) is 0.645. The zero-order valence-electron chi connectivity index (χ0n) is 15.2. The highest BCUT2D eigenvalue weighted by atomic mass is 32.2. The van der Waals surface area contributed by atoms with Crippen LogP contribution in [-0.2, 0) is 27.5 Å². The van der Waals surface area contributed by atoms with Gasteiger partial charge < -0.3 is 13.8 Å². The molecule has 0 bridgehead atoms. The van der Waals surface area contributed by atoms with Crippen LogP contribution in [0.2, 0.25) is 0 Å². The number of benzene rings is 1. The molecule has 0 atom stereocenters. The van der Waals surface area contributed by atoms with Crippen molar-refractivity contribution in [3.8, 4) is 11.4 Å². The van der Waals surface area contributed by atoms with Gasteiger partial charge in [-0.2, -0.15) is 18.2 Å². The monoisotopic (exact) mass is 430 g/mol. The molecule has 1 saturated heterocycles. The largest absolute Gasteiger partial charge is 0.471 e. The summed E-state index contributed by atoms with van der Waals surface area (Å²) >= 11 is 0. The van der Waals surface area contributed by atoms with Crippen molar-refractivity contribution in [1.29, 1.82) is 0 Å². The highest BCUT2D eigenvalue weighted by Gasteiger charge is 2.38. The van der Waals surface area contributed by atoms with Crippen LogP contribution in [0.3, 0.4) is 0 Å². The Bertz CT molecular complexity index is 1150. The lowest BCUT2D eigenvalue weighted by Gasteiger charge is -2.25. The van der Waals surface area contributed by atoms with Gasteiger partial charge in [0.15, 0.2) is 0 Å². The third-order valence-corrected chi connectivity index (χ3v) is 6.47. The molecule has 4 rings (SSSR count). The second-order valence-electron chi connectivity index (χ2n) is 6.76. The lowest BCUT2D eigenvalue weighted by molar-refractivity contribution is -0.159. The van der Waals surface area contributed by atoms with Crippen molar-refractivity contribution in [3.63, 3.8) is 0 Å². The first-order valence-corrected chi connectivity index (χ1v) is 10.3. The van der Waals surface area contributed by atoms with E-state index in [1.165, 1.54) is 0 Å². The summed E-state index contributed by atoms with van der Waals surface area (Å²) in [6.45, 7) is 2.88. The van der Waals surface area contributed by atoms with E-state index in [9.17, 15) is 21.6 Å². The van der Waals surface area contributed by atoms with E-state index >= 15 is 0 Å². The van der Waals surface area contributed by atoms with Gasteiger partial charge in [-0.15, -0.1) is 0 Å². The number of fused-ring (bicyclic) bond motifs is 1. The average molecular weight is 430 g/mol. The summed E-state index contributed by atoms with van der Waals surface area (Å²) in [5.41, 5.74) is 2.09. The van der Waals surface area contributed by atoms with Gasteiger partial charge >= 0.3 is 12.1 Å². The Hall–Kier alpha value is -2.44. The minimum absolute atomic E-state index is 0.151. The fourth-order valence-electron chi connectivity index (χ4n) is 3.07. The van der Waals surface area contributed by atoms with Crippen LogP contribution in [-0.4, -0.2) is 48.1 Å². The Kier molecular flexibility index (Phi) is 4.87. The Labute approximate surface area is 163 Å². The molecule has 1 N–H and O–H groups in total. The fraction of sp³-hybridized carbons (Fsp3) is 0.412. The molecule has 0 amide bonds. The van der Waals surface area contributed by atoms with Gasteiger partial charge in [0.1, 0.15) is 5.25 Å². The number of nitrogens with zero attached hydrogens (tertiary/aromatic N) is 3. The number of rotatable bonds is 6. The van der Waals surface area contributed by atoms with Crippen molar-refractivity contribution in [2.24, 2.45) is 0 Å². The van der Waals surface area contributed by atoms with Gasteiger partial charge in [0.2, 0.25) is 15.8 Å². The van der Waals surface area contributed by atoms with Crippen molar-refractivity contribution >= 4 is 20.9 Å². The van der Waals surface area contributed by atoms with Crippen molar-refractivity contribution < 1.29 is 30.8 Å². The van der Waals surface area contributed by atoms with Gasteiger partial charge in [0, 0.05) is 35.8 Å². The fourth-order valence-corrected chi connectivity index (χ4v) is 4.24. The molecule has 8 nitrogen and oxygen atoms in total. The summed E-state index contributed by atoms with van der Waals surface area (Å²) in [4.78, 5) is 3.41. The summed E-state index contributed by atoms with van der Waals surface area (Å²) in [6, 6.07) is 5.01. The Morgan fingerprint density at radius 1 is 1.31 bits per heavy atom. The number of ether oxygens (including phenoxy) is 1. The molecule has 0 aliphatic carbocycles. The predicted octanol–water partition coefficient (Wildman–Crippen LogP) is 2.34. The number of sulfonamides is 1. The Balaban J connectivity index is 1.53. The van der Waals surface area contributed by atoms with Gasteiger partial charge in [-0.3, -0.25) is 0 Å². The maximum absolute atomic E-state index is 12.7. The van der Waals surface area contributed by atoms with Gasteiger partial charge in [0.25, 0.3) is 0 Å². The lowest BCUT2D eigenvalue weighted by atomic mass is 10.1. The van der Waals surface area contributed by atoms with Gasteiger partial charge in [-0.05, 0) is 30.7 Å². The van der Waals surface area contributed by atoms with E-state index in [4.69, 9.17) is 4.74 Å². The molecule has 0 saturated carbocycles. The van der Waals surface area contributed by atoms with E-state index in [1.807, 2.05) is 17.7 Å². The molecule has 3 aromatic rings. The van der Waals surface area contributed by atoms with E-state index in [0.29, 0.717) is 12.1 Å². The molecule has 0 spiro atoms. The smallest absolute Gasteiger partial charge is 0.378 e. The normalized spacial score (nSPS) is 15.7. The zero-order chi connectivity index (χ0) is 20.8. The molecule has 0 radical (unpaired) electrons. The third kappa shape index (κ3) is 3.87. The molecule has 0 unspecified atom stereocenters. The summed E-state index contributed by atoms with van der Waals surface area (Å²) < 4.78 is 75.7. The summed E-state index contributed by atoms with van der Waals surface area (Å²) in [5.74, 6) is -1.55. The molecule has 12 heteroatoms. The summed E-state index contributed by atoms with van der Waals surface area (Å²) in [6.07, 6.45) is -2.85. The van der Waals surface area contributed by atoms with Crippen LogP contribution < -0.4 is 4.72 Å². The van der Waals surface area contributed by atoms with Crippen molar-refractivity contribution in [3.05, 3.63) is 35.9 Å². The predicted molar refractivity (Wildman–Crippen MR) is 96.5 cm³/mol. The first-order chi connectivity index (χ1) is 13.6. The number of nitrogens with one attached hydrogen (secondary N) is 1. The molecule has 1 aliphatic heterocycles. The van der Waals surface area contributed by atoms with Crippen LogP contribution in [0.15, 0.2) is 28.9 Å². The molecule has 1 aliphatic rings. The molecule has 1 fully saturated rings. The van der Waals surface area contributed by atoms with E-state index in [2.05, 4.69) is 19.4 Å². The summed E-state index contributed by atoms with van der Waals surface area (Å²) in [5, 5.41) is 3.70. The number of aryl methyl sites for hydroxylation is 1. The van der Waals surface area contributed by atoms with E-state index in [-0.39, 0.29) is 25.6 Å². The molecule has 2 aromatic heterocycles. The van der Waals surface area contributed by atoms with Crippen LogP contribution in [0.4, 0.5) is 13.2 Å². The minimum atomic E-state index is -4.70.